The van der Waals surface area contributed by atoms with E-state index in [0.717, 1.165) is 4.90 Å². The molecule has 2 atom stereocenters. The van der Waals surface area contributed by atoms with Gasteiger partial charge in [0.25, 0.3) is 0 Å². The number of aromatic nitrogens is 2. The Morgan fingerprint density at radius 3 is 2.44 bits per heavy atom. The van der Waals surface area contributed by atoms with Gasteiger partial charge in [0.05, 0.1) is 16.3 Å². The van der Waals surface area contributed by atoms with Crippen LogP contribution in [0, 0.1) is 12.3 Å². The van der Waals surface area contributed by atoms with Gasteiger partial charge in [-0.15, -0.1) is 0 Å². The van der Waals surface area contributed by atoms with E-state index in [0.29, 0.717) is 53.0 Å². The van der Waals surface area contributed by atoms with Crippen molar-refractivity contribution in [1.82, 2.24) is 20.2 Å². The van der Waals surface area contributed by atoms with Crippen molar-refractivity contribution in [3.63, 3.8) is 0 Å². The van der Waals surface area contributed by atoms with Crippen molar-refractivity contribution >= 4 is 28.8 Å². The third-order valence-corrected chi connectivity index (χ3v) is 7.56. The maximum Gasteiger partial charge on any atom is 0.428 e. The van der Waals surface area contributed by atoms with Crippen LogP contribution >= 0.6 is 11.6 Å². The predicted molar refractivity (Wildman–Crippen MR) is 148 cm³/mol. The molecule has 1 aromatic heterocycles. The SMILES string of the molecule is CNC[C@@H](O)COc1ccc(Cl)c(-c2nc(C(C(C)=O)=C(C)N)c(C)c(N3CC4(C3)CN(C(O)C(F)(F)F)C4)n2)c1. The summed E-state index contributed by atoms with van der Waals surface area (Å²) >= 11 is 6.55. The largest absolute Gasteiger partial charge is 0.491 e. The van der Waals surface area contributed by atoms with Crippen molar-refractivity contribution in [1.29, 1.82) is 0 Å². The highest BCUT2D eigenvalue weighted by molar-refractivity contribution is 6.33. The van der Waals surface area contributed by atoms with Crippen LogP contribution in [0.4, 0.5) is 19.0 Å². The van der Waals surface area contributed by atoms with Crippen LogP contribution in [0.1, 0.15) is 25.1 Å². The van der Waals surface area contributed by atoms with Crippen molar-refractivity contribution in [2.45, 2.75) is 39.3 Å². The third kappa shape index (κ3) is 6.44. The van der Waals surface area contributed by atoms with E-state index in [4.69, 9.17) is 27.1 Å². The fourth-order valence-electron chi connectivity index (χ4n) is 5.37. The van der Waals surface area contributed by atoms with Crippen LogP contribution in [0.3, 0.4) is 0 Å². The van der Waals surface area contributed by atoms with Gasteiger partial charge in [0.15, 0.2) is 11.6 Å². The highest BCUT2D eigenvalue weighted by Crippen LogP contribution is 2.45. The zero-order chi connectivity index (χ0) is 30.3. The maximum absolute atomic E-state index is 12.9. The first-order chi connectivity index (χ1) is 19.2. The first kappa shape index (κ1) is 31.0. The lowest BCUT2D eigenvalue weighted by atomic mass is 9.72. The summed E-state index contributed by atoms with van der Waals surface area (Å²) < 4.78 is 44.5. The van der Waals surface area contributed by atoms with E-state index in [1.807, 2.05) is 4.90 Å². The number of likely N-dealkylation sites (tertiary alicyclic amines) is 1. The predicted octanol–water partition coefficient (Wildman–Crippen LogP) is 2.35. The van der Waals surface area contributed by atoms with Gasteiger partial charge in [-0.3, -0.25) is 9.69 Å². The Hall–Kier alpha value is -2.97. The number of carbonyl (C=O) groups is 1. The number of hydrogen-bond acceptors (Lipinski definition) is 10. The minimum Gasteiger partial charge on any atom is -0.491 e. The number of ketones is 1. The highest BCUT2D eigenvalue weighted by atomic mass is 35.5. The molecular formula is C27H34ClF3N6O4. The third-order valence-electron chi connectivity index (χ3n) is 7.23. The smallest absolute Gasteiger partial charge is 0.428 e. The molecule has 0 aliphatic carbocycles. The van der Waals surface area contributed by atoms with Crippen LogP contribution in [0.2, 0.25) is 5.02 Å². The lowest BCUT2D eigenvalue weighted by molar-refractivity contribution is -0.276. The van der Waals surface area contributed by atoms with Crippen LogP contribution in [0.15, 0.2) is 23.9 Å². The van der Waals surface area contributed by atoms with Crippen LogP contribution in [0.25, 0.3) is 17.0 Å². The number of benzene rings is 1. The Kier molecular flexibility index (Phi) is 8.86. The van der Waals surface area contributed by atoms with Crippen molar-refractivity contribution < 1.29 is 32.9 Å². The second-order valence-electron chi connectivity index (χ2n) is 10.8. The van der Waals surface area contributed by atoms with E-state index >= 15 is 0 Å². The zero-order valence-electron chi connectivity index (χ0n) is 23.2. The zero-order valence-corrected chi connectivity index (χ0v) is 24.0. The van der Waals surface area contributed by atoms with Gasteiger partial charge >= 0.3 is 6.18 Å². The molecule has 2 aromatic rings. The molecular weight excluding hydrogens is 565 g/mol. The van der Waals surface area contributed by atoms with Crippen LogP contribution in [-0.4, -0.2) is 95.8 Å². The fraction of sp³-hybridized carbons (Fsp3) is 0.519. The van der Waals surface area contributed by atoms with E-state index in [-0.39, 0.29) is 42.6 Å². The summed E-state index contributed by atoms with van der Waals surface area (Å²) in [5.74, 6) is 0.832. The molecule has 1 aromatic carbocycles. The molecule has 2 fully saturated rings. The van der Waals surface area contributed by atoms with Gasteiger partial charge in [-0.25, -0.2) is 9.97 Å². The number of halogens is 4. The molecule has 2 aliphatic rings. The second-order valence-corrected chi connectivity index (χ2v) is 11.2. The molecule has 1 spiro atoms. The Balaban J connectivity index is 1.68. The number of likely N-dealkylation sites (N-methyl/N-ethyl adjacent to an activating group) is 1. The lowest BCUT2D eigenvalue weighted by Gasteiger charge is -2.61. The van der Waals surface area contributed by atoms with Gasteiger partial charge in [0.2, 0.25) is 6.23 Å². The quantitative estimate of drug-likeness (QED) is 0.302. The molecule has 0 bridgehead atoms. The second kappa shape index (κ2) is 11.7. The maximum atomic E-state index is 12.9. The minimum atomic E-state index is -4.71. The number of aliphatic hydroxyl groups excluding tert-OH is 2. The average molecular weight is 599 g/mol. The highest BCUT2D eigenvalue weighted by Gasteiger charge is 2.57. The van der Waals surface area contributed by atoms with Crippen LogP contribution in [0.5, 0.6) is 5.75 Å². The van der Waals surface area contributed by atoms with Gasteiger partial charge in [-0.1, -0.05) is 11.6 Å². The molecule has 224 valence electrons. The number of alkyl halides is 3. The fourth-order valence-corrected chi connectivity index (χ4v) is 5.57. The lowest BCUT2D eigenvalue weighted by Crippen LogP contribution is -2.75. The monoisotopic (exact) mass is 598 g/mol. The van der Waals surface area contributed by atoms with E-state index in [1.165, 1.54) is 6.92 Å². The van der Waals surface area contributed by atoms with Gasteiger partial charge in [-0.05, 0) is 46.0 Å². The van der Waals surface area contributed by atoms with Gasteiger partial charge < -0.3 is 30.9 Å². The van der Waals surface area contributed by atoms with E-state index in [2.05, 4.69) is 10.3 Å². The number of Topliss-reactive ketones (excluding diaryl/α,β-unsaturated/α-hetero) is 1. The molecule has 5 N–H and O–H groups in total. The van der Waals surface area contributed by atoms with Crippen molar-refractivity contribution in [3.8, 4) is 17.1 Å². The summed E-state index contributed by atoms with van der Waals surface area (Å²) in [6.45, 7) is 6.14. The number of anilines is 1. The number of ether oxygens (including phenoxy) is 1. The van der Waals surface area contributed by atoms with Gasteiger partial charge in [0, 0.05) is 55.0 Å². The molecule has 4 rings (SSSR count). The molecule has 0 amide bonds. The summed E-state index contributed by atoms with van der Waals surface area (Å²) in [6, 6.07) is 4.90. The van der Waals surface area contributed by atoms with Gasteiger partial charge in [-0.2, -0.15) is 13.2 Å². The Morgan fingerprint density at radius 2 is 1.88 bits per heavy atom. The summed E-state index contributed by atoms with van der Waals surface area (Å²) in [6.07, 6.45) is -7.94. The molecule has 0 saturated carbocycles. The molecule has 0 radical (unpaired) electrons. The van der Waals surface area contributed by atoms with Gasteiger partial charge in [0.1, 0.15) is 24.3 Å². The van der Waals surface area contributed by atoms with Crippen LogP contribution < -0.4 is 20.7 Å². The molecule has 41 heavy (non-hydrogen) atoms. The Bertz CT molecular complexity index is 1340. The topological polar surface area (TPSA) is 137 Å². The summed E-state index contributed by atoms with van der Waals surface area (Å²) in [4.78, 5) is 25.0. The van der Waals surface area contributed by atoms with E-state index in [9.17, 15) is 28.2 Å². The summed E-state index contributed by atoms with van der Waals surface area (Å²) in [5, 5.41) is 22.8. The first-order valence-electron chi connectivity index (χ1n) is 13.0. The number of nitrogens with one attached hydrogen (secondary N) is 1. The van der Waals surface area contributed by atoms with E-state index < -0.39 is 23.9 Å². The number of carbonyl (C=O) groups excluding carboxylic acids is 1. The first-order valence-corrected chi connectivity index (χ1v) is 13.4. The number of nitrogens with zero attached hydrogens (tertiary/aromatic N) is 4. The number of allylic oxidation sites excluding steroid dienone is 2. The summed E-state index contributed by atoms with van der Waals surface area (Å²) in [5.41, 5.74) is 7.51. The molecule has 1 unspecified atom stereocenters. The number of hydrogen-bond donors (Lipinski definition) is 4. The molecule has 2 aliphatic heterocycles. The minimum absolute atomic E-state index is 0.0344. The number of rotatable bonds is 10. The van der Waals surface area contributed by atoms with Crippen molar-refractivity contribution in [3.05, 3.63) is 40.2 Å². The normalized spacial score (nSPS) is 18.8. The molecule has 3 heterocycles. The van der Waals surface area contributed by atoms with Crippen molar-refractivity contribution in [2.24, 2.45) is 11.1 Å². The van der Waals surface area contributed by atoms with Crippen LogP contribution in [-0.2, 0) is 4.79 Å². The Labute approximate surface area is 241 Å². The molecule has 2 saturated heterocycles. The average Bonchev–Trinajstić information content (AvgIpc) is 2.82. The number of nitrogens with two attached hydrogens (primary N) is 1. The summed E-state index contributed by atoms with van der Waals surface area (Å²) in [7, 11) is 1.72. The number of aliphatic hydroxyl groups is 2. The Morgan fingerprint density at radius 1 is 1.22 bits per heavy atom. The van der Waals surface area contributed by atoms with E-state index in [1.54, 1.807) is 39.1 Å². The van der Waals surface area contributed by atoms with Crippen molar-refractivity contribution in [2.75, 3.05) is 51.3 Å². The standard InChI is InChI=1S/C27H34ClF3N6O4/c1-14-22(21(15(2)32)16(3)38)34-23(19-7-18(5-6-20(19)28)41-9-17(39)8-33-4)35-24(14)36-10-26(11-36)12-37(13-26)25(40)27(29,30)31/h5-7,17,25,33,39-40H,8-13,32H2,1-4H3/t17-,25?/m1/s1. The molecule has 14 heteroatoms. The molecule has 10 nitrogen and oxygen atoms in total.